The Morgan fingerprint density at radius 2 is 2.12 bits per heavy atom. The van der Waals surface area contributed by atoms with Crippen molar-refractivity contribution in [3.63, 3.8) is 0 Å². The summed E-state index contributed by atoms with van der Waals surface area (Å²) in [4.78, 5) is 0. The average Bonchev–Trinajstić information content (AvgIpc) is 2.96. The van der Waals surface area contributed by atoms with E-state index in [1.54, 1.807) is 0 Å². The van der Waals surface area contributed by atoms with E-state index in [4.69, 9.17) is 0 Å². The fourth-order valence-corrected chi connectivity index (χ4v) is 1.84. The van der Waals surface area contributed by atoms with E-state index in [1.807, 2.05) is 6.08 Å². The Morgan fingerprint density at radius 1 is 1.31 bits per heavy atom. The third-order valence-electron chi connectivity index (χ3n) is 2.68. The normalized spacial score (nSPS) is 20.0. The Hall–Kier alpha value is -1.82. The van der Waals surface area contributed by atoms with Crippen LogP contribution in [-0.2, 0) is 0 Å². The smallest absolute Gasteiger partial charge is 0.0136 e. The Bertz CT molecular complexity index is 425. The van der Waals surface area contributed by atoms with Gasteiger partial charge in [-0.1, -0.05) is 73.4 Å². The van der Waals surface area contributed by atoms with Crippen molar-refractivity contribution in [2.24, 2.45) is 5.92 Å². The van der Waals surface area contributed by atoms with Crippen molar-refractivity contribution < 1.29 is 0 Å². The number of hydrogen-bond acceptors (Lipinski definition) is 0. The van der Waals surface area contributed by atoms with Gasteiger partial charge in [0.25, 0.3) is 0 Å². The van der Waals surface area contributed by atoms with Gasteiger partial charge >= 0.3 is 0 Å². The van der Waals surface area contributed by atoms with E-state index in [9.17, 15) is 0 Å². The van der Waals surface area contributed by atoms with Crippen LogP contribution >= 0.6 is 0 Å². The molecule has 0 spiro atoms. The molecule has 0 atom stereocenters. The molecular weight excluding hydrogens is 192 g/mol. The van der Waals surface area contributed by atoms with Crippen LogP contribution in [0.1, 0.15) is 6.42 Å². The molecule has 0 unspecified atom stereocenters. The topological polar surface area (TPSA) is 0 Å². The molecule has 0 aromatic carbocycles. The van der Waals surface area contributed by atoms with Gasteiger partial charge in [0.15, 0.2) is 0 Å². The third-order valence-corrected chi connectivity index (χ3v) is 2.68. The van der Waals surface area contributed by atoms with Gasteiger partial charge in [0.2, 0.25) is 0 Å². The van der Waals surface area contributed by atoms with Crippen molar-refractivity contribution in [3.8, 4) is 0 Å². The summed E-state index contributed by atoms with van der Waals surface area (Å²) >= 11 is 0. The van der Waals surface area contributed by atoms with Gasteiger partial charge < -0.3 is 0 Å². The van der Waals surface area contributed by atoms with E-state index in [0.717, 1.165) is 6.42 Å². The molecule has 2 rings (SSSR count). The quantitative estimate of drug-likeness (QED) is 0.605. The summed E-state index contributed by atoms with van der Waals surface area (Å²) in [7, 11) is 0. The molecule has 0 aromatic rings. The minimum atomic E-state index is 0.444. The zero-order valence-electron chi connectivity index (χ0n) is 9.34. The molecule has 2 aliphatic carbocycles. The highest BCUT2D eigenvalue weighted by molar-refractivity contribution is 5.50. The molecule has 0 radical (unpaired) electrons. The first-order valence-electron chi connectivity index (χ1n) is 5.63. The van der Waals surface area contributed by atoms with E-state index in [-0.39, 0.29) is 0 Å². The zero-order chi connectivity index (χ0) is 11.2. The number of rotatable bonds is 4. The van der Waals surface area contributed by atoms with Gasteiger partial charge in [0.05, 0.1) is 0 Å². The lowest BCUT2D eigenvalue weighted by atomic mass is 10.0. The highest BCUT2D eigenvalue weighted by atomic mass is 14.1. The van der Waals surface area contributed by atoms with Crippen LogP contribution in [0, 0.1) is 5.92 Å². The number of allylic oxidation sites excluding steroid dienone is 13. The Balaban J connectivity index is 2.11. The van der Waals surface area contributed by atoms with Crippen LogP contribution < -0.4 is 0 Å². The molecule has 0 saturated carbocycles. The van der Waals surface area contributed by atoms with Gasteiger partial charge in [-0.25, -0.2) is 0 Å². The monoisotopic (exact) mass is 208 g/mol. The van der Waals surface area contributed by atoms with E-state index in [1.165, 1.54) is 11.1 Å². The Kier molecular flexibility index (Phi) is 3.55. The third kappa shape index (κ3) is 2.60. The van der Waals surface area contributed by atoms with Crippen molar-refractivity contribution in [3.05, 3.63) is 84.6 Å². The largest absolute Gasteiger partial charge is 0.0990 e. The van der Waals surface area contributed by atoms with Gasteiger partial charge in [-0.3, -0.25) is 0 Å². The fraction of sp³-hybridized carbons (Fsp3) is 0.125. The second-order valence-corrected chi connectivity index (χ2v) is 3.86. The molecule has 0 amide bonds. The van der Waals surface area contributed by atoms with Gasteiger partial charge in [0, 0.05) is 5.92 Å². The highest BCUT2D eigenvalue weighted by Crippen LogP contribution is 2.21. The standard InChI is InChI=1S/C16H16/c1-2-7-15(16-10-5-6-11-16)13-12-14-8-3-4-9-14/h2-5,7-14H,1,6H2/b13-12-,15-7+. The van der Waals surface area contributed by atoms with E-state index in [0.29, 0.717) is 5.92 Å². The maximum atomic E-state index is 3.76. The summed E-state index contributed by atoms with van der Waals surface area (Å²) in [6, 6.07) is 0. The van der Waals surface area contributed by atoms with Crippen LogP contribution in [0.3, 0.4) is 0 Å². The van der Waals surface area contributed by atoms with Crippen LogP contribution in [0.15, 0.2) is 84.6 Å². The van der Waals surface area contributed by atoms with Gasteiger partial charge in [-0.2, -0.15) is 0 Å². The fourth-order valence-electron chi connectivity index (χ4n) is 1.84. The second kappa shape index (κ2) is 5.32. The summed E-state index contributed by atoms with van der Waals surface area (Å²) in [6.45, 7) is 3.76. The van der Waals surface area contributed by atoms with E-state index < -0.39 is 0 Å². The van der Waals surface area contributed by atoms with Crippen LogP contribution in [0.5, 0.6) is 0 Å². The summed E-state index contributed by atoms with van der Waals surface area (Å²) in [6.07, 6.45) is 24.4. The average molecular weight is 208 g/mol. The van der Waals surface area contributed by atoms with Crippen LogP contribution in [0.4, 0.5) is 0 Å². The first kappa shape index (κ1) is 10.7. The van der Waals surface area contributed by atoms with E-state index in [2.05, 4.69) is 67.3 Å². The van der Waals surface area contributed by atoms with Crippen molar-refractivity contribution in [2.45, 2.75) is 6.42 Å². The molecule has 0 bridgehead atoms. The first-order valence-corrected chi connectivity index (χ1v) is 5.63. The molecule has 0 aliphatic heterocycles. The maximum absolute atomic E-state index is 3.76. The molecule has 0 fully saturated rings. The molecule has 0 nitrogen and oxygen atoms in total. The van der Waals surface area contributed by atoms with E-state index >= 15 is 0 Å². The molecule has 2 aliphatic rings. The Morgan fingerprint density at radius 3 is 2.75 bits per heavy atom. The molecule has 80 valence electrons. The predicted octanol–water partition coefficient (Wildman–Crippen LogP) is 4.28. The summed E-state index contributed by atoms with van der Waals surface area (Å²) < 4.78 is 0. The maximum Gasteiger partial charge on any atom is 0.0136 e. The van der Waals surface area contributed by atoms with Crippen LogP contribution in [-0.4, -0.2) is 0 Å². The lowest BCUT2D eigenvalue weighted by Gasteiger charge is -2.01. The predicted molar refractivity (Wildman–Crippen MR) is 71.0 cm³/mol. The van der Waals surface area contributed by atoms with Crippen molar-refractivity contribution in [1.29, 1.82) is 0 Å². The first-order chi connectivity index (χ1) is 7.90. The zero-order valence-corrected chi connectivity index (χ0v) is 9.34. The second-order valence-electron chi connectivity index (χ2n) is 3.86. The Labute approximate surface area is 97.4 Å². The van der Waals surface area contributed by atoms with Crippen LogP contribution in [0.25, 0.3) is 0 Å². The van der Waals surface area contributed by atoms with Crippen molar-refractivity contribution >= 4 is 0 Å². The molecule has 0 heterocycles. The van der Waals surface area contributed by atoms with Crippen molar-refractivity contribution in [1.82, 2.24) is 0 Å². The molecule has 0 saturated heterocycles. The van der Waals surface area contributed by atoms with Gasteiger partial charge in [0.1, 0.15) is 0 Å². The summed E-state index contributed by atoms with van der Waals surface area (Å²) in [5.41, 5.74) is 2.53. The highest BCUT2D eigenvalue weighted by Gasteiger charge is 2.03. The van der Waals surface area contributed by atoms with Crippen LogP contribution in [0.2, 0.25) is 0 Å². The van der Waals surface area contributed by atoms with Gasteiger partial charge in [-0.05, 0) is 17.6 Å². The molecular formula is C16H16. The SMILES string of the molecule is C=C/C=C(\C=C/C1C=CC=C1)C1=CCC=C1. The van der Waals surface area contributed by atoms with Gasteiger partial charge in [-0.15, -0.1) is 0 Å². The minimum absolute atomic E-state index is 0.444. The summed E-state index contributed by atoms with van der Waals surface area (Å²) in [5.74, 6) is 0.444. The van der Waals surface area contributed by atoms with Crippen molar-refractivity contribution in [2.75, 3.05) is 0 Å². The molecule has 0 N–H and O–H groups in total. The molecule has 0 aromatic heterocycles. The molecule has 0 heteroatoms. The lowest BCUT2D eigenvalue weighted by molar-refractivity contribution is 1.09. The minimum Gasteiger partial charge on any atom is -0.0990 e. The number of hydrogen-bond donors (Lipinski definition) is 0. The lowest BCUT2D eigenvalue weighted by Crippen LogP contribution is -1.85. The molecule has 16 heavy (non-hydrogen) atoms. The summed E-state index contributed by atoms with van der Waals surface area (Å²) in [5, 5.41) is 0.